The van der Waals surface area contributed by atoms with E-state index in [-0.39, 0.29) is 5.54 Å². The summed E-state index contributed by atoms with van der Waals surface area (Å²) in [6, 6.07) is 8.11. The zero-order valence-electron chi connectivity index (χ0n) is 10.6. The van der Waals surface area contributed by atoms with Crippen molar-refractivity contribution in [2.75, 3.05) is 7.05 Å². The molecular formula is C12H17N5. The number of nitrogens with zero attached hydrogens (tertiary/aromatic N) is 4. The van der Waals surface area contributed by atoms with Crippen LogP contribution < -0.4 is 5.32 Å². The van der Waals surface area contributed by atoms with Crippen molar-refractivity contribution in [3.05, 3.63) is 35.7 Å². The number of hydrogen-bond donors (Lipinski definition) is 1. The highest BCUT2D eigenvalue weighted by molar-refractivity contribution is 5.35. The second-order valence-corrected chi connectivity index (χ2v) is 4.63. The Bertz CT molecular complexity index is 515. The summed E-state index contributed by atoms with van der Waals surface area (Å²) >= 11 is 0. The van der Waals surface area contributed by atoms with Crippen LogP contribution in [0.2, 0.25) is 0 Å². The van der Waals surface area contributed by atoms with Crippen LogP contribution in [0.3, 0.4) is 0 Å². The SMILES string of the molecule is CNC(C)(C)c1nnnn1-c1cccc(C)c1. The fourth-order valence-electron chi connectivity index (χ4n) is 1.62. The topological polar surface area (TPSA) is 55.6 Å². The lowest BCUT2D eigenvalue weighted by Crippen LogP contribution is -2.36. The first kappa shape index (κ1) is 11.7. The molecule has 0 saturated carbocycles. The van der Waals surface area contributed by atoms with Gasteiger partial charge in [-0.2, -0.15) is 4.68 Å². The Balaban J connectivity index is 2.51. The number of rotatable bonds is 3. The summed E-state index contributed by atoms with van der Waals surface area (Å²) in [5.41, 5.74) is 1.90. The van der Waals surface area contributed by atoms with E-state index in [1.54, 1.807) is 4.68 Å². The highest BCUT2D eigenvalue weighted by atomic mass is 15.6. The van der Waals surface area contributed by atoms with Crippen molar-refractivity contribution in [3.63, 3.8) is 0 Å². The third-order valence-corrected chi connectivity index (χ3v) is 2.90. The number of benzene rings is 1. The van der Waals surface area contributed by atoms with Crippen LogP contribution in [0.5, 0.6) is 0 Å². The summed E-state index contributed by atoms with van der Waals surface area (Å²) in [5, 5.41) is 15.1. The molecule has 2 aromatic rings. The second kappa shape index (κ2) is 4.25. The van der Waals surface area contributed by atoms with Crippen molar-refractivity contribution in [2.24, 2.45) is 0 Å². The van der Waals surface area contributed by atoms with Crippen molar-refractivity contribution >= 4 is 0 Å². The van der Waals surface area contributed by atoms with Gasteiger partial charge in [0.25, 0.3) is 0 Å². The van der Waals surface area contributed by atoms with E-state index in [1.807, 2.05) is 33.0 Å². The molecule has 0 fully saturated rings. The summed E-state index contributed by atoms with van der Waals surface area (Å²) in [6.45, 7) is 6.15. The Hall–Kier alpha value is -1.75. The van der Waals surface area contributed by atoms with Gasteiger partial charge in [-0.3, -0.25) is 0 Å². The Labute approximate surface area is 101 Å². The van der Waals surface area contributed by atoms with E-state index in [9.17, 15) is 0 Å². The molecule has 0 atom stereocenters. The maximum atomic E-state index is 4.10. The first-order valence-electron chi connectivity index (χ1n) is 5.59. The minimum Gasteiger partial charge on any atom is -0.308 e. The average Bonchev–Trinajstić information content (AvgIpc) is 2.78. The molecule has 1 aromatic heterocycles. The fourth-order valence-corrected chi connectivity index (χ4v) is 1.62. The molecule has 1 N–H and O–H groups in total. The quantitative estimate of drug-likeness (QED) is 0.868. The molecule has 90 valence electrons. The van der Waals surface area contributed by atoms with Gasteiger partial charge in [0, 0.05) is 0 Å². The maximum absolute atomic E-state index is 4.10. The van der Waals surface area contributed by atoms with Crippen molar-refractivity contribution in [1.29, 1.82) is 0 Å². The minimum atomic E-state index is -0.271. The zero-order valence-corrected chi connectivity index (χ0v) is 10.6. The Morgan fingerprint density at radius 1 is 1.29 bits per heavy atom. The maximum Gasteiger partial charge on any atom is 0.176 e. The van der Waals surface area contributed by atoms with Crippen molar-refractivity contribution in [3.8, 4) is 5.69 Å². The first-order chi connectivity index (χ1) is 8.04. The van der Waals surface area contributed by atoms with Gasteiger partial charge in [0.05, 0.1) is 11.2 Å². The summed E-state index contributed by atoms with van der Waals surface area (Å²) in [5.74, 6) is 0.797. The van der Waals surface area contributed by atoms with E-state index in [0.29, 0.717) is 0 Å². The molecule has 2 rings (SSSR count). The Morgan fingerprint density at radius 2 is 2.06 bits per heavy atom. The van der Waals surface area contributed by atoms with E-state index in [1.165, 1.54) is 5.56 Å². The van der Waals surface area contributed by atoms with Crippen molar-refractivity contribution < 1.29 is 0 Å². The normalized spacial score (nSPS) is 11.8. The third-order valence-electron chi connectivity index (χ3n) is 2.90. The zero-order chi connectivity index (χ0) is 12.5. The lowest BCUT2D eigenvalue weighted by atomic mass is 10.1. The lowest BCUT2D eigenvalue weighted by molar-refractivity contribution is 0.406. The van der Waals surface area contributed by atoms with E-state index in [4.69, 9.17) is 0 Å². The van der Waals surface area contributed by atoms with Crippen LogP contribution in [0.4, 0.5) is 0 Å². The molecule has 17 heavy (non-hydrogen) atoms. The first-order valence-corrected chi connectivity index (χ1v) is 5.59. The van der Waals surface area contributed by atoms with Gasteiger partial charge in [0.15, 0.2) is 5.82 Å². The molecule has 0 aliphatic rings. The van der Waals surface area contributed by atoms with E-state index in [0.717, 1.165) is 11.5 Å². The number of tetrazole rings is 1. The van der Waals surface area contributed by atoms with Gasteiger partial charge < -0.3 is 5.32 Å². The average molecular weight is 231 g/mol. The fraction of sp³-hybridized carbons (Fsp3) is 0.417. The molecule has 0 aliphatic heterocycles. The molecule has 5 nitrogen and oxygen atoms in total. The van der Waals surface area contributed by atoms with Gasteiger partial charge in [0.2, 0.25) is 0 Å². The molecule has 5 heteroatoms. The highest BCUT2D eigenvalue weighted by Gasteiger charge is 2.25. The summed E-state index contributed by atoms with van der Waals surface area (Å²) in [6.07, 6.45) is 0. The lowest BCUT2D eigenvalue weighted by Gasteiger charge is -2.22. The monoisotopic (exact) mass is 231 g/mol. The van der Waals surface area contributed by atoms with Crippen LogP contribution in [0.25, 0.3) is 5.69 Å². The predicted molar refractivity (Wildman–Crippen MR) is 66.0 cm³/mol. The van der Waals surface area contributed by atoms with Gasteiger partial charge in [-0.25, -0.2) is 0 Å². The van der Waals surface area contributed by atoms with Crippen LogP contribution in [0.1, 0.15) is 25.2 Å². The number of aromatic nitrogens is 4. The highest BCUT2D eigenvalue weighted by Crippen LogP contribution is 2.19. The summed E-state index contributed by atoms with van der Waals surface area (Å²) in [7, 11) is 1.90. The molecule has 0 amide bonds. The number of hydrogen-bond acceptors (Lipinski definition) is 4. The Morgan fingerprint density at radius 3 is 2.71 bits per heavy atom. The van der Waals surface area contributed by atoms with E-state index >= 15 is 0 Å². The third kappa shape index (κ3) is 2.19. The van der Waals surface area contributed by atoms with Gasteiger partial charge in [-0.05, 0) is 55.9 Å². The molecule has 0 bridgehead atoms. The van der Waals surface area contributed by atoms with Gasteiger partial charge in [-0.15, -0.1) is 5.10 Å². The van der Waals surface area contributed by atoms with Gasteiger partial charge in [0.1, 0.15) is 0 Å². The summed E-state index contributed by atoms with van der Waals surface area (Å²) in [4.78, 5) is 0. The number of aryl methyl sites for hydroxylation is 1. The van der Waals surface area contributed by atoms with Crippen LogP contribution >= 0.6 is 0 Å². The molecule has 1 heterocycles. The minimum absolute atomic E-state index is 0.271. The molecule has 0 radical (unpaired) electrons. The van der Waals surface area contributed by atoms with Crippen LogP contribution in [0, 0.1) is 6.92 Å². The smallest absolute Gasteiger partial charge is 0.176 e. The van der Waals surface area contributed by atoms with Crippen LogP contribution in [-0.2, 0) is 5.54 Å². The predicted octanol–water partition coefficient (Wildman–Crippen LogP) is 1.43. The molecule has 0 saturated heterocycles. The second-order valence-electron chi connectivity index (χ2n) is 4.63. The van der Waals surface area contributed by atoms with Gasteiger partial charge in [-0.1, -0.05) is 12.1 Å². The number of nitrogens with one attached hydrogen (secondary N) is 1. The van der Waals surface area contributed by atoms with Crippen LogP contribution in [-0.4, -0.2) is 27.3 Å². The summed E-state index contributed by atoms with van der Waals surface area (Å²) < 4.78 is 1.77. The van der Waals surface area contributed by atoms with E-state index in [2.05, 4.69) is 39.9 Å². The molecular weight excluding hydrogens is 214 g/mol. The molecule has 1 aromatic carbocycles. The van der Waals surface area contributed by atoms with Crippen molar-refractivity contribution in [2.45, 2.75) is 26.3 Å². The van der Waals surface area contributed by atoms with Crippen molar-refractivity contribution in [1.82, 2.24) is 25.5 Å². The van der Waals surface area contributed by atoms with Crippen LogP contribution in [0.15, 0.2) is 24.3 Å². The Kier molecular flexibility index (Phi) is 2.93. The largest absolute Gasteiger partial charge is 0.308 e. The molecule has 0 spiro atoms. The molecule has 0 aliphatic carbocycles. The van der Waals surface area contributed by atoms with E-state index < -0.39 is 0 Å². The standard InChI is InChI=1S/C12H17N5/c1-9-6-5-7-10(8-9)17-11(14-15-16-17)12(2,3)13-4/h5-8,13H,1-4H3. The van der Waals surface area contributed by atoms with Gasteiger partial charge >= 0.3 is 0 Å². The molecule has 0 unspecified atom stereocenters.